The van der Waals surface area contributed by atoms with Gasteiger partial charge in [-0.1, -0.05) is 6.07 Å². The molecule has 1 aromatic carbocycles. The van der Waals surface area contributed by atoms with Gasteiger partial charge >= 0.3 is 6.03 Å². The molecule has 0 bridgehead atoms. The molecule has 1 N–H and O–H groups in total. The number of nitrogens with one attached hydrogen (secondary N) is 1. The Morgan fingerprint density at radius 3 is 2.48 bits per heavy atom. The van der Waals surface area contributed by atoms with Crippen molar-refractivity contribution in [3.63, 3.8) is 0 Å². The Balaban J connectivity index is 1.48. The highest BCUT2D eigenvalue weighted by molar-refractivity contribution is 5.74. The first-order chi connectivity index (χ1) is 11.1. The summed E-state index contributed by atoms with van der Waals surface area (Å²) in [5.74, 6) is 0. The Morgan fingerprint density at radius 1 is 1.17 bits per heavy atom. The topological polar surface area (TPSA) is 44.8 Å². The van der Waals surface area contributed by atoms with E-state index in [1.165, 1.54) is 16.8 Å². The third kappa shape index (κ3) is 4.16. The lowest BCUT2D eigenvalue weighted by Gasteiger charge is -2.36. The van der Waals surface area contributed by atoms with Gasteiger partial charge in [0, 0.05) is 45.0 Å². The smallest absolute Gasteiger partial charge is 0.317 e. The highest BCUT2D eigenvalue weighted by atomic mass is 16.5. The molecule has 1 aromatic rings. The van der Waals surface area contributed by atoms with Crippen molar-refractivity contribution in [2.75, 3.05) is 44.2 Å². The van der Waals surface area contributed by atoms with Gasteiger partial charge in [-0.15, -0.1) is 0 Å². The first-order valence-corrected chi connectivity index (χ1v) is 8.59. The molecular formula is C18H27N3O2. The van der Waals surface area contributed by atoms with Crippen molar-refractivity contribution in [3.05, 3.63) is 29.3 Å². The molecule has 23 heavy (non-hydrogen) atoms. The molecule has 5 heteroatoms. The molecule has 0 aromatic heterocycles. The molecule has 2 amide bonds. The minimum Gasteiger partial charge on any atom is -0.376 e. The van der Waals surface area contributed by atoms with Crippen LogP contribution in [0.3, 0.4) is 0 Å². The average molecular weight is 317 g/mol. The maximum atomic E-state index is 12.2. The van der Waals surface area contributed by atoms with E-state index in [0.29, 0.717) is 6.54 Å². The molecule has 5 nitrogen and oxygen atoms in total. The van der Waals surface area contributed by atoms with Gasteiger partial charge in [0.25, 0.3) is 0 Å². The third-order valence-corrected chi connectivity index (χ3v) is 4.64. The van der Waals surface area contributed by atoms with Crippen LogP contribution in [0.2, 0.25) is 0 Å². The number of carbonyl (C=O) groups is 1. The van der Waals surface area contributed by atoms with Crippen LogP contribution in [0.4, 0.5) is 10.5 Å². The summed E-state index contributed by atoms with van der Waals surface area (Å²) in [6.45, 7) is 9.03. The molecule has 0 spiro atoms. The van der Waals surface area contributed by atoms with E-state index in [2.05, 4.69) is 42.3 Å². The van der Waals surface area contributed by atoms with E-state index in [1.54, 1.807) is 0 Å². The summed E-state index contributed by atoms with van der Waals surface area (Å²) in [5, 5.41) is 3.01. The number of piperazine rings is 1. The fraction of sp³-hybridized carbons (Fsp3) is 0.611. The molecule has 1 unspecified atom stereocenters. The van der Waals surface area contributed by atoms with Crippen LogP contribution in [0, 0.1) is 13.8 Å². The van der Waals surface area contributed by atoms with Crippen molar-refractivity contribution in [1.29, 1.82) is 0 Å². The molecule has 0 saturated carbocycles. The van der Waals surface area contributed by atoms with E-state index in [-0.39, 0.29) is 12.1 Å². The normalized spacial score (nSPS) is 21.6. The quantitative estimate of drug-likeness (QED) is 0.930. The Kier molecular flexibility index (Phi) is 5.06. The van der Waals surface area contributed by atoms with Crippen molar-refractivity contribution >= 4 is 11.7 Å². The number of urea groups is 1. The second kappa shape index (κ2) is 7.21. The zero-order valence-electron chi connectivity index (χ0n) is 14.2. The van der Waals surface area contributed by atoms with Crippen LogP contribution in [0.25, 0.3) is 0 Å². The number of carbonyl (C=O) groups excluding carboxylic acids is 1. The second-order valence-electron chi connectivity index (χ2n) is 6.64. The molecule has 3 rings (SSSR count). The highest BCUT2D eigenvalue weighted by Crippen LogP contribution is 2.20. The first-order valence-electron chi connectivity index (χ1n) is 8.59. The minimum atomic E-state index is 0.0422. The maximum absolute atomic E-state index is 12.2. The number of rotatable bonds is 3. The van der Waals surface area contributed by atoms with Crippen LogP contribution >= 0.6 is 0 Å². The lowest BCUT2D eigenvalue weighted by Crippen LogP contribution is -2.52. The van der Waals surface area contributed by atoms with Crippen molar-refractivity contribution in [2.45, 2.75) is 32.8 Å². The zero-order valence-corrected chi connectivity index (χ0v) is 14.2. The van der Waals surface area contributed by atoms with E-state index < -0.39 is 0 Å². The second-order valence-corrected chi connectivity index (χ2v) is 6.64. The van der Waals surface area contributed by atoms with Crippen molar-refractivity contribution in [2.24, 2.45) is 0 Å². The lowest BCUT2D eigenvalue weighted by molar-refractivity contribution is 0.108. The van der Waals surface area contributed by atoms with Gasteiger partial charge in [-0.2, -0.15) is 0 Å². The molecular weight excluding hydrogens is 290 g/mol. The number of aryl methyl sites for hydroxylation is 2. The summed E-state index contributed by atoms with van der Waals surface area (Å²) in [7, 11) is 0. The number of hydrogen-bond donors (Lipinski definition) is 1. The summed E-state index contributed by atoms with van der Waals surface area (Å²) < 4.78 is 5.55. The van der Waals surface area contributed by atoms with Gasteiger partial charge in [-0.3, -0.25) is 0 Å². The molecule has 0 radical (unpaired) electrons. The van der Waals surface area contributed by atoms with Crippen LogP contribution in [0.5, 0.6) is 0 Å². The molecule has 0 aliphatic carbocycles. The van der Waals surface area contributed by atoms with Gasteiger partial charge in [-0.25, -0.2) is 4.79 Å². The molecule has 2 aliphatic heterocycles. The van der Waals surface area contributed by atoms with Gasteiger partial charge in [-0.05, 0) is 49.9 Å². The van der Waals surface area contributed by atoms with Crippen molar-refractivity contribution in [1.82, 2.24) is 10.2 Å². The van der Waals surface area contributed by atoms with E-state index in [4.69, 9.17) is 4.74 Å². The largest absolute Gasteiger partial charge is 0.376 e. The minimum absolute atomic E-state index is 0.0422. The van der Waals surface area contributed by atoms with Crippen LogP contribution in [-0.2, 0) is 4.74 Å². The fourth-order valence-corrected chi connectivity index (χ4v) is 3.42. The average Bonchev–Trinajstić information content (AvgIpc) is 3.05. The van der Waals surface area contributed by atoms with E-state index in [9.17, 15) is 4.79 Å². The monoisotopic (exact) mass is 317 g/mol. The Morgan fingerprint density at radius 2 is 1.87 bits per heavy atom. The number of benzene rings is 1. The Hall–Kier alpha value is -1.75. The van der Waals surface area contributed by atoms with Gasteiger partial charge < -0.3 is 19.9 Å². The number of ether oxygens (including phenoxy) is 1. The predicted octanol–water partition coefficient (Wildman–Crippen LogP) is 2.31. The SMILES string of the molecule is Cc1cc(C)cc(N2CCN(C(=O)NCC3CCCO3)CC2)c1. The van der Waals surface area contributed by atoms with Gasteiger partial charge in [0.05, 0.1) is 6.10 Å². The van der Waals surface area contributed by atoms with Crippen molar-refractivity contribution in [3.8, 4) is 0 Å². The zero-order chi connectivity index (χ0) is 16.2. The highest BCUT2D eigenvalue weighted by Gasteiger charge is 2.23. The van der Waals surface area contributed by atoms with E-state index in [1.807, 2.05) is 4.90 Å². The number of hydrogen-bond acceptors (Lipinski definition) is 3. The Bertz CT molecular complexity index is 527. The van der Waals surface area contributed by atoms with Crippen LogP contribution in [0.1, 0.15) is 24.0 Å². The molecule has 2 fully saturated rings. The van der Waals surface area contributed by atoms with E-state index in [0.717, 1.165) is 45.6 Å². The summed E-state index contributed by atoms with van der Waals surface area (Å²) in [6.07, 6.45) is 2.37. The molecule has 126 valence electrons. The maximum Gasteiger partial charge on any atom is 0.317 e. The van der Waals surface area contributed by atoms with Crippen LogP contribution in [-0.4, -0.2) is 56.4 Å². The first kappa shape index (κ1) is 16.1. The standard InChI is InChI=1S/C18H27N3O2/c1-14-10-15(2)12-16(11-14)20-5-7-21(8-6-20)18(22)19-13-17-4-3-9-23-17/h10-12,17H,3-9,13H2,1-2H3,(H,19,22). The Labute approximate surface area is 138 Å². The number of anilines is 1. The molecule has 2 heterocycles. The third-order valence-electron chi connectivity index (χ3n) is 4.64. The van der Waals surface area contributed by atoms with E-state index >= 15 is 0 Å². The van der Waals surface area contributed by atoms with Crippen LogP contribution < -0.4 is 10.2 Å². The van der Waals surface area contributed by atoms with Gasteiger partial charge in [0.15, 0.2) is 0 Å². The summed E-state index contributed by atoms with van der Waals surface area (Å²) >= 11 is 0. The van der Waals surface area contributed by atoms with Crippen LogP contribution in [0.15, 0.2) is 18.2 Å². The van der Waals surface area contributed by atoms with Gasteiger partial charge in [0.2, 0.25) is 0 Å². The van der Waals surface area contributed by atoms with Gasteiger partial charge in [0.1, 0.15) is 0 Å². The molecule has 2 aliphatic rings. The summed E-state index contributed by atoms with van der Waals surface area (Å²) in [5.41, 5.74) is 3.84. The molecule has 1 atom stereocenters. The number of amides is 2. The molecule has 2 saturated heterocycles. The number of nitrogens with zero attached hydrogens (tertiary/aromatic N) is 2. The van der Waals surface area contributed by atoms with Crippen molar-refractivity contribution < 1.29 is 9.53 Å². The summed E-state index contributed by atoms with van der Waals surface area (Å²) in [6, 6.07) is 6.68. The fourth-order valence-electron chi connectivity index (χ4n) is 3.42. The predicted molar refractivity (Wildman–Crippen MR) is 92.1 cm³/mol. The lowest BCUT2D eigenvalue weighted by atomic mass is 10.1. The summed E-state index contributed by atoms with van der Waals surface area (Å²) in [4.78, 5) is 16.5.